The van der Waals surface area contributed by atoms with Gasteiger partial charge in [0.15, 0.2) is 0 Å². The van der Waals surface area contributed by atoms with Crippen LogP contribution in [0.3, 0.4) is 0 Å². The van der Waals surface area contributed by atoms with Gasteiger partial charge in [-0.2, -0.15) is 5.10 Å². The lowest BCUT2D eigenvalue weighted by molar-refractivity contribution is -0.384. The first-order chi connectivity index (χ1) is 9.04. The average molecular weight is 260 g/mol. The van der Waals surface area contributed by atoms with Gasteiger partial charge in [-0.05, 0) is 25.0 Å². The van der Waals surface area contributed by atoms with Gasteiger partial charge in [0.05, 0.1) is 16.2 Å². The van der Waals surface area contributed by atoms with Crippen molar-refractivity contribution in [2.45, 2.75) is 26.7 Å². The van der Waals surface area contributed by atoms with Crippen molar-refractivity contribution < 1.29 is 4.92 Å². The molecule has 0 radical (unpaired) electrons. The molecule has 0 unspecified atom stereocenters. The fraction of sp³-hybridized carbons (Fsp3) is 0.308. The summed E-state index contributed by atoms with van der Waals surface area (Å²) in [6.45, 7) is 3.92. The van der Waals surface area contributed by atoms with E-state index in [4.69, 9.17) is 5.73 Å². The van der Waals surface area contributed by atoms with Crippen LogP contribution in [-0.2, 0) is 6.42 Å². The molecule has 0 bridgehead atoms. The first kappa shape index (κ1) is 13.1. The van der Waals surface area contributed by atoms with Crippen molar-refractivity contribution in [1.29, 1.82) is 0 Å². The summed E-state index contributed by atoms with van der Waals surface area (Å²) in [6, 6.07) is 5.02. The van der Waals surface area contributed by atoms with E-state index in [-0.39, 0.29) is 10.6 Å². The Balaban J connectivity index is 2.64. The molecular weight excluding hydrogens is 244 g/mol. The summed E-state index contributed by atoms with van der Waals surface area (Å²) >= 11 is 0. The van der Waals surface area contributed by atoms with Gasteiger partial charge >= 0.3 is 0 Å². The van der Waals surface area contributed by atoms with Gasteiger partial charge in [0.25, 0.3) is 5.69 Å². The molecule has 0 aliphatic carbocycles. The Morgan fingerprint density at radius 1 is 1.47 bits per heavy atom. The number of nitro groups is 1. The molecule has 1 heterocycles. The fourth-order valence-electron chi connectivity index (χ4n) is 2.11. The predicted octanol–water partition coefficient (Wildman–Crippen LogP) is 2.83. The smallest absolute Gasteiger partial charge is 0.278 e. The summed E-state index contributed by atoms with van der Waals surface area (Å²) in [5.41, 5.74) is 8.86. The zero-order valence-electron chi connectivity index (χ0n) is 10.9. The van der Waals surface area contributed by atoms with Gasteiger partial charge < -0.3 is 5.73 Å². The number of rotatable bonds is 4. The van der Waals surface area contributed by atoms with Crippen molar-refractivity contribution in [2.75, 3.05) is 5.73 Å². The summed E-state index contributed by atoms with van der Waals surface area (Å²) in [5.74, 6) is 0.410. The molecule has 0 aliphatic rings. The van der Waals surface area contributed by atoms with Crippen LogP contribution in [-0.4, -0.2) is 15.1 Å². The predicted molar refractivity (Wildman–Crippen MR) is 73.8 cm³/mol. The Labute approximate surface area is 110 Å². The standard InChI is InChI=1S/C13H16N4O2/c1-3-4-9-12(15-16-13(9)14)10-7-8(2)5-6-11(10)17(18)19/h5-7H,3-4H2,1-2H3,(H3,14,15,16). The number of aromatic nitrogens is 2. The third-order valence-corrected chi connectivity index (χ3v) is 3.02. The highest BCUT2D eigenvalue weighted by Gasteiger charge is 2.20. The second-order valence-electron chi connectivity index (χ2n) is 4.49. The van der Waals surface area contributed by atoms with E-state index in [0.717, 1.165) is 24.0 Å². The average Bonchev–Trinajstić information content (AvgIpc) is 2.71. The van der Waals surface area contributed by atoms with Crippen LogP contribution in [0.5, 0.6) is 0 Å². The van der Waals surface area contributed by atoms with Crippen LogP contribution >= 0.6 is 0 Å². The van der Waals surface area contributed by atoms with E-state index < -0.39 is 0 Å². The summed E-state index contributed by atoms with van der Waals surface area (Å²) in [4.78, 5) is 10.7. The number of anilines is 1. The maximum absolute atomic E-state index is 11.1. The van der Waals surface area contributed by atoms with Gasteiger partial charge in [0.1, 0.15) is 5.82 Å². The van der Waals surface area contributed by atoms with Gasteiger partial charge in [-0.1, -0.05) is 19.4 Å². The molecule has 2 rings (SSSR count). The lowest BCUT2D eigenvalue weighted by atomic mass is 10.0. The molecule has 6 heteroatoms. The van der Waals surface area contributed by atoms with Crippen LogP contribution < -0.4 is 5.73 Å². The number of nitrogen functional groups attached to an aromatic ring is 1. The normalized spacial score (nSPS) is 10.6. The molecule has 6 nitrogen and oxygen atoms in total. The molecule has 0 atom stereocenters. The van der Waals surface area contributed by atoms with Crippen molar-refractivity contribution in [3.63, 3.8) is 0 Å². The minimum absolute atomic E-state index is 0.0617. The number of nitrogens with zero attached hydrogens (tertiary/aromatic N) is 2. The van der Waals surface area contributed by atoms with E-state index in [2.05, 4.69) is 10.2 Å². The van der Waals surface area contributed by atoms with Crippen molar-refractivity contribution in [3.05, 3.63) is 39.4 Å². The largest absolute Gasteiger partial charge is 0.382 e. The number of aryl methyl sites for hydroxylation is 1. The van der Waals surface area contributed by atoms with Crippen molar-refractivity contribution in [3.8, 4) is 11.3 Å². The van der Waals surface area contributed by atoms with Crippen LogP contribution in [0.15, 0.2) is 18.2 Å². The molecule has 19 heavy (non-hydrogen) atoms. The highest BCUT2D eigenvalue weighted by Crippen LogP contribution is 2.34. The van der Waals surface area contributed by atoms with Crippen molar-refractivity contribution in [2.24, 2.45) is 0 Å². The Kier molecular flexibility index (Phi) is 3.50. The molecule has 0 fully saturated rings. The molecule has 1 aromatic carbocycles. The molecule has 0 amide bonds. The molecule has 0 spiro atoms. The zero-order chi connectivity index (χ0) is 14.0. The SMILES string of the molecule is CCCc1c(N)n[nH]c1-c1cc(C)ccc1[N+](=O)[O-]. The Morgan fingerprint density at radius 2 is 2.21 bits per heavy atom. The number of hydrogen-bond donors (Lipinski definition) is 2. The number of benzene rings is 1. The Bertz CT molecular complexity index is 619. The number of aromatic amines is 1. The van der Waals surface area contributed by atoms with Gasteiger partial charge in [-0.25, -0.2) is 0 Å². The van der Waals surface area contributed by atoms with Crippen LogP contribution in [0.1, 0.15) is 24.5 Å². The first-order valence-corrected chi connectivity index (χ1v) is 6.12. The van der Waals surface area contributed by atoms with Crippen molar-refractivity contribution in [1.82, 2.24) is 10.2 Å². The third-order valence-electron chi connectivity index (χ3n) is 3.02. The summed E-state index contributed by atoms with van der Waals surface area (Å²) in [5, 5.41) is 17.9. The van der Waals surface area contributed by atoms with Crippen LogP contribution in [0.25, 0.3) is 11.3 Å². The second-order valence-corrected chi connectivity index (χ2v) is 4.49. The van der Waals surface area contributed by atoms with E-state index in [1.165, 1.54) is 6.07 Å². The summed E-state index contributed by atoms with van der Waals surface area (Å²) in [7, 11) is 0. The maximum atomic E-state index is 11.1. The maximum Gasteiger partial charge on any atom is 0.278 e. The van der Waals surface area contributed by atoms with E-state index in [1.54, 1.807) is 12.1 Å². The molecule has 1 aromatic heterocycles. The first-order valence-electron chi connectivity index (χ1n) is 6.12. The fourth-order valence-corrected chi connectivity index (χ4v) is 2.11. The van der Waals surface area contributed by atoms with Gasteiger partial charge in [0.2, 0.25) is 0 Å². The molecule has 0 aliphatic heterocycles. The van der Waals surface area contributed by atoms with Crippen LogP contribution in [0.4, 0.5) is 11.5 Å². The second kappa shape index (κ2) is 5.09. The molecule has 2 aromatic rings. The number of nitrogens with one attached hydrogen (secondary N) is 1. The van der Waals surface area contributed by atoms with Gasteiger partial charge in [0, 0.05) is 11.6 Å². The molecule has 0 saturated carbocycles. The van der Waals surface area contributed by atoms with Crippen LogP contribution in [0.2, 0.25) is 0 Å². The van der Waals surface area contributed by atoms with E-state index >= 15 is 0 Å². The lowest BCUT2D eigenvalue weighted by Crippen LogP contribution is -1.96. The third kappa shape index (κ3) is 2.42. The molecule has 3 N–H and O–H groups in total. The zero-order valence-corrected chi connectivity index (χ0v) is 10.9. The number of nitrogens with two attached hydrogens (primary N) is 1. The number of nitro benzene ring substituents is 1. The lowest BCUT2D eigenvalue weighted by Gasteiger charge is -2.05. The topological polar surface area (TPSA) is 97.8 Å². The summed E-state index contributed by atoms with van der Waals surface area (Å²) in [6.07, 6.45) is 1.64. The number of H-pyrrole nitrogens is 1. The molecule has 0 saturated heterocycles. The van der Waals surface area contributed by atoms with E-state index in [1.807, 2.05) is 13.8 Å². The van der Waals surface area contributed by atoms with E-state index in [9.17, 15) is 10.1 Å². The van der Waals surface area contributed by atoms with Crippen LogP contribution in [0, 0.1) is 17.0 Å². The minimum Gasteiger partial charge on any atom is -0.382 e. The quantitative estimate of drug-likeness (QED) is 0.652. The highest BCUT2D eigenvalue weighted by atomic mass is 16.6. The highest BCUT2D eigenvalue weighted by molar-refractivity contribution is 5.76. The van der Waals surface area contributed by atoms with Crippen molar-refractivity contribution >= 4 is 11.5 Å². The minimum atomic E-state index is -0.387. The Hall–Kier alpha value is -2.37. The van der Waals surface area contributed by atoms with Gasteiger partial charge in [-0.3, -0.25) is 15.2 Å². The number of hydrogen-bond acceptors (Lipinski definition) is 4. The molecular formula is C13H16N4O2. The summed E-state index contributed by atoms with van der Waals surface area (Å²) < 4.78 is 0. The molecule has 100 valence electrons. The Morgan fingerprint density at radius 3 is 2.84 bits per heavy atom. The van der Waals surface area contributed by atoms with E-state index in [0.29, 0.717) is 17.1 Å². The van der Waals surface area contributed by atoms with Gasteiger partial charge in [-0.15, -0.1) is 0 Å². The monoisotopic (exact) mass is 260 g/mol.